The van der Waals surface area contributed by atoms with E-state index in [1.807, 2.05) is 4.90 Å². The third-order valence-corrected chi connectivity index (χ3v) is 4.77. The first-order chi connectivity index (χ1) is 9.83. The summed E-state index contributed by atoms with van der Waals surface area (Å²) in [5.74, 6) is 0.545. The molecule has 0 spiro atoms. The predicted molar refractivity (Wildman–Crippen MR) is 84.3 cm³/mol. The summed E-state index contributed by atoms with van der Waals surface area (Å²) in [6.07, 6.45) is 6.30. The maximum atomic E-state index is 12.3. The molecule has 1 rings (SSSR count). The fourth-order valence-electron chi connectivity index (χ4n) is 2.67. The van der Waals surface area contributed by atoms with Crippen molar-refractivity contribution >= 4 is 15.9 Å². The quantitative estimate of drug-likeness (QED) is 0.688. The molecule has 0 aromatic heterocycles. The van der Waals surface area contributed by atoms with Gasteiger partial charge in [-0.2, -0.15) is 0 Å². The zero-order chi connectivity index (χ0) is 15.9. The van der Waals surface area contributed by atoms with Gasteiger partial charge in [-0.05, 0) is 44.6 Å². The minimum absolute atomic E-state index is 0.161. The van der Waals surface area contributed by atoms with Gasteiger partial charge in [0.2, 0.25) is 15.9 Å². The van der Waals surface area contributed by atoms with Gasteiger partial charge in [-0.3, -0.25) is 4.79 Å². The summed E-state index contributed by atoms with van der Waals surface area (Å²) in [5, 5.41) is 0. The van der Waals surface area contributed by atoms with Crippen LogP contribution in [-0.4, -0.2) is 51.2 Å². The van der Waals surface area contributed by atoms with E-state index in [1.165, 1.54) is 0 Å². The number of hydrogen-bond acceptors (Lipinski definition) is 4. The van der Waals surface area contributed by atoms with Crippen molar-refractivity contribution < 1.29 is 13.2 Å². The number of carbonyl (C=O) groups excluding carboxylic acids is 1. The Kier molecular flexibility index (Phi) is 7.62. The van der Waals surface area contributed by atoms with Crippen molar-refractivity contribution in [2.75, 3.05) is 25.9 Å². The first-order valence-electron chi connectivity index (χ1n) is 7.77. The van der Waals surface area contributed by atoms with E-state index < -0.39 is 10.0 Å². The van der Waals surface area contributed by atoms with Crippen LogP contribution in [0.15, 0.2) is 0 Å². The van der Waals surface area contributed by atoms with E-state index in [0.717, 1.165) is 38.5 Å². The highest BCUT2D eigenvalue weighted by atomic mass is 32.2. The second-order valence-corrected chi connectivity index (χ2v) is 7.90. The Bertz CT molecular complexity index is 425. The molecule has 0 bridgehead atoms. The van der Waals surface area contributed by atoms with Crippen LogP contribution in [0.5, 0.6) is 0 Å². The predicted octanol–water partition coefficient (Wildman–Crippen LogP) is 0.682. The van der Waals surface area contributed by atoms with E-state index in [0.29, 0.717) is 31.8 Å². The van der Waals surface area contributed by atoms with Crippen molar-refractivity contribution in [3.63, 3.8) is 0 Å². The molecule has 7 heteroatoms. The number of likely N-dealkylation sites (tertiary alicyclic amines) is 1. The Morgan fingerprint density at radius 1 is 1.43 bits per heavy atom. The molecule has 1 aliphatic rings. The molecule has 3 N–H and O–H groups in total. The molecule has 6 nitrogen and oxygen atoms in total. The lowest BCUT2D eigenvalue weighted by molar-refractivity contribution is -0.135. The summed E-state index contributed by atoms with van der Waals surface area (Å²) in [7, 11) is -3.15. The Hall–Kier alpha value is -0.660. The van der Waals surface area contributed by atoms with Gasteiger partial charge >= 0.3 is 0 Å². The van der Waals surface area contributed by atoms with Gasteiger partial charge in [0.15, 0.2) is 0 Å². The smallest absolute Gasteiger partial charge is 0.222 e. The van der Waals surface area contributed by atoms with E-state index in [2.05, 4.69) is 11.6 Å². The fraction of sp³-hybridized carbons (Fsp3) is 0.929. The zero-order valence-electron chi connectivity index (χ0n) is 13.2. The largest absolute Gasteiger partial charge is 0.340 e. The maximum Gasteiger partial charge on any atom is 0.222 e. The topological polar surface area (TPSA) is 92.5 Å². The highest BCUT2D eigenvalue weighted by Crippen LogP contribution is 2.21. The number of carbonyl (C=O) groups is 1. The molecular formula is C14H29N3O3S. The number of rotatable bonds is 8. The van der Waals surface area contributed by atoms with Crippen molar-refractivity contribution in [3.8, 4) is 0 Å². The van der Waals surface area contributed by atoms with Crippen molar-refractivity contribution in [3.05, 3.63) is 0 Å². The number of amides is 1. The van der Waals surface area contributed by atoms with Gasteiger partial charge in [0.25, 0.3) is 0 Å². The normalized spacial score (nSPS) is 21.3. The van der Waals surface area contributed by atoms with Gasteiger partial charge in [-0.15, -0.1) is 0 Å². The van der Waals surface area contributed by atoms with Crippen molar-refractivity contribution in [1.82, 2.24) is 9.62 Å². The summed E-state index contributed by atoms with van der Waals surface area (Å²) in [6, 6.07) is 0.161. The van der Waals surface area contributed by atoms with E-state index in [1.54, 1.807) is 0 Å². The van der Waals surface area contributed by atoms with Crippen LogP contribution in [0.2, 0.25) is 0 Å². The molecule has 1 amide bonds. The van der Waals surface area contributed by atoms with Crippen LogP contribution >= 0.6 is 0 Å². The third-order valence-electron chi connectivity index (χ3n) is 4.04. The first-order valence-corrected chi connectivity index (χ1v) is 9.66. The Labute approximate surface area is 128 Å². The van der Waals surface area contributed by atoms with Crippen LogP contribution in [0.3, 0.4) is 0 Å². The fourth-order valence-corrected chi connectivity index (χ4v) is 3.16. The molecule has 0 saturated carbocycles. The van der Waals surface area contributed by atoms with E-state index in [9.17, 15) is 13.2 Å². The highest BCUT2D eigenvalue weighted by Gasteiger charge is 2.26. The molecule has 0 aromatic rings. The molecule has 1 fully saturated rings. The van der Waals surface area contributed by atoms with Crippen LogP contribution in [-0.2, 0) is 14.8 Å². The Morgan fingerprint density at radius 2 is 2.14 bits per heavy atom. The second kappa shape index (κ2) is 8.70. The molecule has 1 aliphatic heterocycles. The molecule has 0 aromatic carbocycles. The molecule has 1 heterocycles. The minimum Gasteiger partial charge on any atom is -0.340 e. The number of hydrogen-bond donors (Lipinski definition) is 2. The molecule has 21 heavy (non-hydrogen) atoms. The molecule has 0 aliphatic carbocycles. The number of nitrogens with two attached hydrogens (primary N) is 1. The van der Waals surface area contributed by atoms with Crippen molar-refractivity contribution in [1.29, 1.82) is 0 Å². The van der Waals surface area contributed by atoms with Crippen LogP contribution in [0.25, 0.3) is 0 Å². The summed E-state index contributed by atoms with van der Waals surface area (Å²) in [6.45, 7) is 3.85. The lowest BCUT2D eigenvalue weighted by Crippen LogP contribution is -2.45. The van der Waals surface area contributed by atoms with Crippen molar-refractivity contribution in [2.24, 2.45) is 11.7 Å². The van der Waals surface area contributed by atoms with Gasteiger partial charge in [0.05, 0.1) is 6.26 Å². The van der Waals surface area contributed by atoms with E-state index in [-0.39, 0.29) is 11.9 Å². The van der Waals surface area contributed by atoms with Crippen LogP contribution in [0, 0.1) is 5.92 Å². The van der Waals surface area contributed by atoms with E-state index in [4.69, 9.17) is 5.73 Å². The summed E-state index contributed by atoms with van der Waals surface area (Å²) >= 11 is 0. The molecular weight excluding hydrogens is 290 g/mol. The van der Waals surface area contributed by atoms with Crippen LogP contribution < -0.4 is 10.5 Å². The van der Waals surface area contributed by atoms with Gasteiger partial charge in [0, 0.05) is 25.6 Å². The van der Waals surface area contributed by atoms with Crippen LogP contribution in [0.1, 0.15) is 45.4 Å². The minimum atomic E-state index is -3.15. The number of piperidine rings is 1. The van der Waals surface area contributed by atoms with E-state index >= 15 is 0 Å². The zero-order valence-corrected chi connectivity index (χ0v) is 14.0. The third kappa shape index (κ3) is 7.24. The summed E-state index contributed by atoms with van der Waals surface area (Å²) in [4.78, 5) is 14.3. The molecule has 1 saturated heterocycles. The summed E-state index contributed by atoms with van der Waals surface area (Å²) in [5.41, 5.74) is 5.58. The molecule has 2 atom stereocenters. The monoisotopic (exact) mass is 319 g/mol. The lowest BCUT2D eigenvalue weighted by atomic mass is 9.97. The lowest BCUT2D eigenvalue weighted by Gasteiger charge is -2.36. The maximum absolute atomic E-state index is 12.3. The van der Waals surface area contributed by atoms with Gasteiger partial charge in [0.1, 0.15) is 0 Å². The van der Waals surface area contributed by atoms with Gasteiger partial charge < -0.3 is 10.6 Å². The number of nitrogens with one attached hydrogen (secondary N) is 1. The first kappa shape index (κ1) is 18.4. The second-order valence-electron chi connectivity index (χ2n) is 6.07. The summed E-state index contributed by atoms with van der Waals surface area (Å²) < 4.78 is 24.7. The van der Waals surface area contributed by atoms with Crippen molar-refractivity contribution in [2.45, 2.75) is 51.5 Å². The standard InChI is InChI=1S/C14H29N3O3S/c1-12(11-15)6-7-14(18)17-10-4-3-5-13(17)8-9-16-21(2,19)20/h12-13,16H,3-11,15H2,1-2H3. The molecule has 2 unspecified atom stereocenters. The highest BCUT2D eigenvalue weighted by molar-refractivity contribution is 7.88. The number of nitrogens with zero attached hydrogens (tertiary/aromatic N) is 1. The van der Waals surface area contributed by atoms with Gasteiger partial charge in [-0.1, -0.05) is 6.92 Å². The Morgan fingerprint density at radius 3 is 2.76 bits per heavy atom. The SMILES string of the molecule is CC(CN)CCC(=O)N1CCCCC1CCNS(C)(=O)=O. The number of sulfonamides is 1. The van der Waals surface area contributed by atoms with Gasteiger partial charge in [-0.25, -0.2) is 13.1 Å². The molecule has 0 radical (unpaired) electrons. The average Bonchev–Trinajstić information content (AvgIpc) is 2.43. The van der Waals surface area contributed by atoms with Crippen LogP contribution in [0.4, 0.5) is 0 Å². The Balaban J connectivity index is 2.46. The molecule has 124 valence electrons. The average molecular weight is 319 g/mol.